The Morgan fingerprint density at radius 3 is 1.25 bits per heavy atom. The summed E-state index contributed by atoms with van der Waals surface area (Å²) >= 11 is 0. The first kappa shape index (κ1) is 26.8. The van der Waals surface area contributed by atoms with Crippen molar-refractivity contribution in [2.75, 3.05) is 0 Å². The van der Waals surface area contributed by atoms with E-state index in [0.717, 1.165) is 0 Å². The molecular formula is H5CsCuIN. The summed E-state index contributed by atoms with van der Waals surface area (Å²) in [6.07, 6.45) is 0. The zero-order valence-electron chi connectivity index (χ0n) is 3.42. The van der Waals surface area contributed by atoms with Crippen molar-refractivity contribution in [3.8, 4) is 0 Å². The minimum Gasteiger partial charge on any atom is -1.00 e. The predicted molar refractivity (Wildman–Crippen MR) is 21.5 cm³/mol. The minimum atomic E-state index is 0. The maximum atomic E-state index is 0. The summed E-state index contributed by atoms with van der Waals surface area (Å²) in [5.41, 5.74) is 0. The Labute approximate surface area is 114 Å². The first-order valence-corrected chi connectivity index (χ1v) is 0. The molecule has 0 saturated carbocycles. The second kappa shape index (κ2) is 16.3. The van der Waals surface area contributed by atoms with Crippen molar-refractivity contribution in [2.24, 2.45) is 0 Å². The molecule has 1 nitrogen and oxygen atoms in total. The molecule has 0 amide bonds. The third kappa shape index (κ3) is 8.98. The van der Waals surface area contributed by atoms with Crippen molar-refractivity contribution in [3.63, 3.8) is 0 Å². The Morgan fingerprint density at radius 1 is 1.25 bits per heavy atom. The van der Waals surface area contributed by atoms with Crippen LogP contribution in [0.15, 0.2) is 0 Å². The van der Waals surface area contributed by atoms with Gasteiger partial charge >= 0.3 is 68.9 Å². The van der Waals surface area contributed by atoms with Crippen LogP contribution in [0.4, 0.5) is 0 Å². The Morgan fingerprint density at radius 2 is 1.25 bits per heavy atom. The molecule has 0 bridgehead atoms. The molecule has 0 aliphatic carbocycles. The summed E-state index contributed by atoms with van der Waals surface area (Å²) in [6.45, 7) is 0. The molecule has 0 atom stereocenters. The molecule has 3 N–H and O–H groups in total. The van der Waals surface area contributed by atoms with E-state index in [4.69, 9.17) is 0 Å². The molecule has 0 saturated heterocycles. The maximum absolute atomic E-state index is 0. The van der Waals surface area contributed by atoms with Gasteiger partial charge in [-0.05, 0) is 0 Å². The zero-order chi connectivity index (χ0) is 0. The molecule has 0 aromatic rings. The minimum absolute atomic E-state index is 0. The molecule has 0 aromatic heterocycles. The smallest absolute Gasteiger partial charge is 1.00 e. The second-order valence-electron chi connectivity index (χ2n) is 0. The number of halogens is 1. The largest absolute Gasteiger partial charge is 1.00 e. The van der Waals surface area contributed by atoms with Crippen molar-refractivity contribution in [1.82, 2.24) is 6.15 Å². The van der Waals surface area contributed by atoms with Crippen LogP contribution in [0.5, 0.6) is 0 Å². The van der Waals surface area contributed by atoms with E-state index in [1.807, 2.05) is 0 Å². The molecule has 0 fully saturated rings. The van der Waals surface area contributed by atoms with Crippen LogP contribution in [0.25, 0.3) is 0 Å². The van der Waals surface area contributed by atoms with Crippen LogP contribution in [-0.2, 0) is 17.1 Å². The van der Waals surface area contributed by atoms with E-state index >= 15 is 0 Å². The number of hydrogen-bond donors (Lipinski definition) is 1. The average molecular weight is 342 g/mol. The van der Waals surface area contributed by atoms with E-state index in [9.17, 15) is 0 Å². The molecule has 4 heavy (non-hydrogen) atoms. The predicted octanol–water partition coefficient (Wildman–Crippen LogP) is -2.11. The van der Waals surface area contributed by atoms with Crippen LogP contribution in [-0.4, -0.2) is 0 Å². The van der Waals surface area contributed by atoms with E-state index in [1.165, 1.54) is 0 Å². The molecular weight excluding hydrogens is 337 g/mol. The summed E-state index contributed by atoms with van der Waals surface area (Å²) < 4.78 is 0. The van der Waals surface area contributed by atoms with Gasteiger partial charge in [-0.25, -0.2) is 0 Å². The SMILES string of the molecule is I.N.[Cs+].[Cu].[H-]. The van der Waals surface area contributed by atoms with Gasteiger partial charge in [-0.2, -0.15) is 0 Å². The van der Waals surface area contributed by atoms with Crippen LogP contribution in [0.1, 0.15) is 1.43 Å². The third-order valence-electron chi connectivity index (χ3n) is 0. The number of rotatable bonds is 0. The van der Waals surface area contributed by atoms with Crippen LogP contribution < -0.4 is 75.0 Å². The average Bonchev–Trinajstić information content (AvgIpc) is 0. The molecule has 0 heterocycles. The summed E-state index contributed by atoms with van der Waals surface area (Å²) in [7, 11) is 0. The molecule has 29 valence electrons. The summed E-state index contributed by atoms with van der Waals surface area (Å²) in [6, 6.07) is 0. The Bertz CT molecular complexity index is 11.6. The van der Waals surface area contributed by atoms with Gasteiger partial charge in [0.1, 0.15) is 0 Å². The second-order valence-corrected chi connectivity index (χ2v) is 0. The quantitative estimate of drug-likeness (QED) is 0.397. The fourth-order valence-electron chi connectivity index (χ4n) is 0. The third-order valence-corrected chi connectivity index (χ3v) is 0. The first-order chi connectivity index (χ1) is 0. The monoisotopic (exact) mass is 342 g/mol. The van der Waals surface area contributed by atoms with Crippen molar-refractivity contribution in [2.45, 2.75) is 0 Å². The van der Waals surface area contributed by atoms with E-state index in [2.05, 4.69) is 0 Å². The van der Waals surface area contributed by atoms with Gasteiger partial charge in [0.15, 0.2) is 0 Å². The van der Waals surface area contributed by atoms with Crippen LogP contribution in [0.3, 0.4) is 0 Å². The van der Waals surface area contributed by atoms with Crippen molar-refractivity contribution < 1.29 is 87.4 Å². The van der Waals surface area contributed by atoms with Gasteiger partial charge < -0.3 is 7.58 Å². The van der Waals surface area contributed by atoms with Crippen molar-refractivity contribution in [1.29, 1.82) is 0 Å². The van der Waals surface area contributed by atoms with Gasteiger partial charge in [0, 0.05) is 17.1 Å². The molecule has 0 aliphatic rings. The summed E-state index contributed by atoms with van der Waals surface area (Å²) in [5, 5.41) is 0. The molecule has 0 rings (SSSR count). The summed E-state index contributed by atoms with van der Waals surface area (Å²) in [4.78, 5) is 0. The summed E-state index contributed by atoms with van der Waals surface area (Å²) in [5.74, 6) is 0. The first-order valence-electron chi connectivity index (χ1n) is 0. The van der Waals surface area contributed by atoms with Gasteiger partial charge in [-0.3, -0.25) is 0 Å². The van der Waals surface area contributed by atoms with E-state index in [-0.39, 0.29) is 118 Å². The Hall–Kier alpha value is 3.26. The van der Waals surface area contributed by atoms with Gasteiger partial charge in [0.25, 0.3) is 0 Å². The van der Waals surface area contributed by atoms with Gasteiger partial charge in [-0.1, -0.05) is 0 Å². The van der Waals surface area contributed by atoms with Crippen molar-refractivity contribution in [3.05, 3.63) is 0 Å². The molecule has 0 aliphatic heterocycles. The molecule has 4 heteroatoms. The number of hydrogen-bond acceptors (Lipinski definition) is 1. The maximum Gasteiger partial charge on any atom is 1.00 e. The fourth-order valence-corrected chi connectivity index (χ4v) is 0. The van der Waals surface area contributed by atoms with Crippen LogP contribution >= 0.6 is 24.0 Å². The van der Waals surface area contributed by atoms with Crippen LogP contribution in [0, 0.1) is 0 Å². The normalized spacial score (nSPS) is 0. The molecule has 0 aromatic carbocycles. The van der Waals surface area contributed by atoms with Gasteiger partial charge in [0.05, 0.1) is 0 Å². The Kier molecular flexibility index (Phi) is 109. The van der Waals surface area contributed by atoms with E-state index in [0.29, 0.717) is 0 Å². The molecule has 1 radical (unpaired) electrons. The van der Waals surface area contributed by atoms with E-state index in [1.54, 1.807) is 0 Å². The fraction of sp³-hybridized carbons (Fsp3) is 0. The molecule has 0 unspecified atom stereocenters. The molecule has 0 spiro atoms. The van der Waals surface area contributed by atoms with E-state index < -0.39 is 0 Å². The topological polar surface area (TPSA) is 35.0 Å². The van der Waals surface area contributed by atoms with Crippen LogP contribution in [0.2, 0.25) is 0 Å². The van der Waals surface area contributed by atoms with Gasteiger partial charge in [0.2, 0.25) is 0 Å². The zero-order valence-corrected chi connectivity index (χ0v) is 12.0. The Balaban J connectivity index is 0. The van der Waals surface area contributed by atoms with Gasteiger partial charge in [-0.15, -0.1) is 24.0 Å². The van der Waals surface area contributed by atoms with Crippen molar-refractivity contribution >= 4 is 24.0 Å². The standard InChI is InChI=1S/Cs.Cu.HI.H3N.H/h;;1H;1H3;/q+1;;;;-1.